The second-order valence-corrected chi connectivity index (χ2v) is 6.18. The molecule has 0 aliphatic carbocycles. The quantitative estimate of drug-likeness (QED) is 0.892. The number of hydrogen-bond donors (Lipinski definition) is 1. The highest BCUT2D eigenvalue weighted by atomic mass is 35.5. The second-order valence-electron chi connectivity index (χ2n) is 6.18. The SMILES string of the molecule is CN(Cc1ccc(-n2ccnc2)cc1)CC(C)(C)CN.Cl. The van der Waals surface area contributed by atoms with Crippen LogP contribution in [0.3, 0.4) is 0 Å². The predicted molar refractivity (Wildman–Crippen MR) is 90.0 cm³/mol. The van der Waals surface area contributed by atoms with Crippen molar-refractivity contribution >= 4 is 12.4 Å². The molecule has 5 heteroatoms. The fraction of sp³-hybridized carbons (Fsp3) is 0.438. The molecular formula is C16H25ClN4. The van der Waals surface area contributed by atoms with Crippen LogP contribution in [0.1, 0.15) is 19.4 Å². The first-order valence-corrected chi connectivity index (χ1v) is 6.96. The van der Waals surface area contributed by atoms with Gasteiger partial charge in [0, 0.05) is 31.2 Å². The van der Waals surface area contributed by atoms with Crippen LogP contribution in [0, 0.1) is 5.41 Å². The van der Waals surface area contributed by atoms with Gasteiger partial charge in [0.2, 0.25) is 0 Å². The molecule has 0 fully saturated rings. The summed E-state index contributed by atoms with van der Waals surface area (Å²) in [6, 6.07) is 8.58. The molecule has 0 amide bonds. The van der Waals surface area contributed by atoms with Gasteiger partial charge < -0.3 is 15.2 Å². The van der Waals surface area contributed by atoms with Crippen LogP contribution in [-0.2, 0) is 6.54 Å². The molecule has 1 aromatic carbocycles. The van der Waals surface area contributed by atoms with Crippen LogP contribution in [0.25, 0.3) is 5.69 Å². The molecule has 1 heterocycles. The maximum atomic E-state index is 5.79. The summed E-state index contributed by atoms with van der Waals surface area (Å²) in [5.74, 6) is 0. The summed E-state index contributed by atoms with van der Waals surface area (Å²) in [6.07, 6.45) is 5.55. The topological polar surface area (TPSA) is 47.1 Å². The number of rotatable bonds is 6. The monoisotopic (exact) mass is 308 g/mol. The van der Waals surface area contributed by atoms with E-state index in [9.17, 15) is 0 Å². The van der Waals surface area contributed by atoms with Gasteiger partial charge in [0.05, 0.1) is 6.33 Å². The van der Waals surface area contributed by atoms with E-state index in [2.05, 4.69) is 55.0 Å². The molecule has 0 aliphatic heterocycles. The van der Waals surface area contributed by atoms with Crippen molar-refractivity contribution in [1.82, 2.24) is 14.5 Å². The Morgan fingerprint density at radius 2 is 1.90 bits per heavy atom. The summed E-state index contributed by atoms with van der Waals surface area (Å²) in [5, 5.41) is 0. The van der Waals surface area contributed by atoms with Gasteiger partial charge in [0.1, 0.15) is 0 Å². The number of benzene rings is 1. The molecule has 116 valence electrons. The molecule has 2 aromatic rings. The van der Waals surface area contributed by atoms with Gasteiger partial charge in [-0.1, -0.05) is 26.0 Å². The van der Waals surface area contributed by atoms with E-state index in [1.54, 1.807) is 6.20 Å². The Bertz CT molecular complexity index is 520. The zero-order valence-electron chi connectivity index (χ0n) is 13.0. The standard InChI is InChI=1S/C16H24N4.ClH/c1-16(2,11-17)12-19(3)10-14-4-6-15(7-5-14)20-9-8-18-13-20;/h4-9,13H,10-12,17H2,1-3H3;1H. The van der Waals surface area contributed by atoms with Crippen molar-refractivity contribution in [2.75, 3.05) is 20.1 Å². The Labute approximate surface area is 133 Å². The molecule has 0 radical (unpaired) electrons. The van der Waals surface area contributed by atoms with Crippen LogP contribution in [-0.4, -0.2) is 34.6 Å². The van der Waals surface area contributed by atoms with E-state index in [0.29, 0.717) is 6.54 Å². The highest BCUT2D eigenvalue weighted by Crippen LogP contribution is 2.16. The largest absolute Gasteiger partial charge is 0.330 e. The lowest BCUT2D eigenvalue weighted by molar-refractivity contribution is 0.210. The molecule has 2 rings (SSSR count). The van der Waals surface area contributed by atoms with Crippen molar-refractivity contribution in [3.8, 4) is 5.69 Å². The van der Waals surface area contributed by atoms with Crippen molar-refractivity contribution in [3.05, 3.63) is 48.5 Å². The Kier molecular flexibility index (Phi) is 6.40. The highest BCUT2D eigenvalue weighted by Gasteiger charge is 2.17. The summed E-state index contributed by atoms with van der Waals surface area (Å²) in [4.78, 5) is 6.38. The molecule has 0 aliphatic rings. The molecule has 4 nitrogen and oxygen atoms in total. The van der Waals surface area contributed by atoms with Crippen LogP contribution in [0.5, 0.6) is 0 Å². The first kappa shape index (κ1) is 17.7. The zero-order chi connectivity index (χ0) is 14.6. The van der Waals surface area contributed by atoms with Crippen LogP contribution < -0.4 is 5.73 Å². The smallest absolute Gasteiger partial charge is 0.0991 e. The van der Waals surface area contributed by atoms with Crippen molar-refractivity contribution in [2.45, 2.75) is 20.4 Å². The average Bonchev–Trinajstić information content (AvgIpc) is 2.93. The van der Waals surface area contributed by atoms with Gasteiger partial charge in [-0.25, -0.2) is 4.98 Å². The summed E-state index contributed by atoms with van der Waals surface area (Å²) >= 11 is 0. The second kappa shape index (κ2) is 7.59. The maximum Gasteiger partial charge on any atom is 0.0991 e. The minimum Gasteiger partial charge on any atom is -0.330 e. The molecule has 0 bridgehead atoms. The third-order valence-electron chi connectivity index (χ3n) is 3.44. The Morgan fingerprint density at radius 1 is 1.24 bits per heavy atom. The molecule has 0 atom stereocenters. The van der Waals surface area contributed by atoms with Crippen LogP contribution in [0.2, 0.25) is 0 Å². The van der Waals surface area contributed by atoms with E-state index in [1.807, 2.05) is 17.1 Å². The zero-order valence-corrected chi connectivity index (χ0v) is 13.8. The lowest BCUT2D eigenvalue weighted by Crippen LogP contribution is -2.36. The number of aromatic nitrogens is 2. The van der Waals surface area contributed by atoms with Crippen LogP contribution in [0.4, 0.5) is 0 Å². The molecule has 0 saturated heterocycles. The lowest BCUT2D eigenvalue weighted by Gasteiger charge is -2.29. The summed E-state index contributed by atoms with van der Waals surface area (Å²) in [6.45, 7) is 7.04. The van der Waals surface area contributed by atoms with E-state index in [1.165, 1.54) is 5.56 Å². The maximum absolute atomic E-state index is 5.79. The number of imidazole rings is 1. The van der Waals surface area contributed by atoms with Gasteiger partial charge in [-0.15, -0.1) is 12.4 Å². The molecule has 0 unspecified atom stereocenters. The van der Waals surface area contributed by atoms with Crippen molar-refractivity contribution in [3.63, 3.8) is 0 Å². The third-order valence-corrected chi connectivity index (χ3v) is 3.44. The Balaban J connectivity index is 0.00000220. The van der Waals surface area contributed by atoms with Gasteiger partial charge in [0.25, 0.3) is 0 Å². The summed E-state index contributed by atoms with van der Waals surface area (Å²) in [5.41, 5.74) is 8.39. The molecule has 1 aromatic heterocycles. The van der Waals surface area contributed by atoms with Gasteiger partial charge in [-0.2, -0.15) is 0 Å². The minimum absolute atomic E-state index is 0. The number of nitrogens with zero attached hydrogens (tertiary/aromatic N) is 3. The van der Waals surface area contributed by atoms with Gasteiger partial charge in [0.15, 0.2) is 0 Å². The molecule has 21 heavy (non-hydrogen) atoms. The normalized spacial score (nSPS) is 11.5. The van der Waals surface area contributed by atoms with Crippen molar-refractivity contribution in [2.24, 2.45) is 11.1 Å². The number of halogens is 1. The van der Waals surface area contributed by atoms with E-state index in [0.717, 1.165) is 18.8 Å². The van der Waals surface area contributed by atoms with Crippen molar-refractivity contribution in [1.29, 1.82) is 0 Å². The lowest BCUT2D eigenvalue weighted by atomic mass is 9.93. The molecule has 0 saturated carbocycles. The van der Waals surface area contributed by atoms with E-state index in [-0.39, 0.29) is 17.8 Å². The first-order valence-electron chi connectivity index (χ1n) is 6.96. The van der Waals surface area contributed by atoms with Gasteiger partial charge in [-0.05, 0) is 36.7 Å². The number of hydrogen-bond acceptors (Lipinski definition) is 3. The average molecular weight is 309 g/mol. The van der Waals surface area contributed by atoms with Crippen LogP contribution in [0.15, 0.2) is 43.0 Å². The van der Waals surface area contributed by atoms with Crippen molar-refractivity contribution < 1.29 is 0 Å². The molecular weight excluding hydrogens is 284 g/mol. The summed E-state index contributed by atoms with van der Waals surface area (Å²) < 4.78 is 2.00. The Morgan fingerprint density at radius 3 is 2.43 bits per heavy atom. The predicted octanol–water partition coefficient (Wildman–Crippen LogP) is 2.71. The van der Waals surface area contributed by atoms with E-state index >= 15 is 0 Å². The van der Waals surface area contributed by atoms with E-state index in [4.69, 9.17) is 5.73 Å². The number of nitrogens with two attached hydrogens (primary N) is 1. The highest BCUT2D eigenvalue weighted by molar-refractivity contribution is 5.85. The first-order chi connectivity index (χ1) is 9.50. The fourth-order valence-corrected chi connectivity index (χ4v) is 2.35. The van der Waals surface area contributed by atoms with Gasteiger partial charge in [-0.3, -0.25) is 0 Å². The molecule has 0 spiro atoms. The fourth-order valence-electron chi connectivity index (χ4n) is 2.35. The third kappa shape index (κ3) is 5.16. The summed E-state index contributed by atoms with van der Waals surface area (Å²) in [7, 11) is 2.14. The van der Waals surface area contributed by atoms with Crippen LogP contribution >= 0.6 is 12.4 Å². The van der Waals surface area contributed by atoms with Gasteiger partial charge >= 0.3 is 0 Å². The van der Waals surface area contributed by atoms with E-state index < -0.39 is 0 Å². The Hall–Kier alpha value is -1.36. The minimum atomic E-state index is 0. The molecule has 2 N–H and O–H groups in total.